The third kappa shape index (κ3) is 8.60. The summed E-state index contributed by atoms with van der Waals surface area (Å²) in [5, 5.41) is 21.6. The third-order valence-electron chi connectivity index (χ3n) is 6.08. The van der Waals surface area contributed by atoms with Gasteiger partial charge in [-0.1, -0.05) is 72.8 Å². The Morgan fingerprint density at radius 2 is 1.51 bits per heavy atom. The van der Waals surface area contributed by atoms with Crippen molar-refractivity contribution in [3.8, 4) is 5.75 Å². The number of carbonyl (C=O) groups excluding carboxylic acids is 2. The van der Waals surface area contributed by atoms with Crippen molar-refractivity contribution in [1.29, 1.82) is 0 Å². The van der Waals surface area contributed by atoms with Gasteiger partial charge < -0.3 is 31.9 Å². The van der Waals surface area contributed by atoms with E-state index in [-0.39, 0.29) is 37.1 Å². The maximum absolute atomic E-state index is 14.5. The molecule has 1 atom stereocenters. The fourth-order valence-electron chi connectivity index (χ4n) is 4.33. The molecule has 10 nitrogen and oxygen atoms in total. The molecule has 3 aromatic rings. The van der Waals surface area contributed by atoms with Crippen molar-refractivity contribution in [2.75, 3.05) is 13.1 Å². The Labute approximate surface area is 227 Å². The predicted octanol–water partition coefficient (Wildman–Crippen LogP) is 2.18. The van der Waals surface area contributed by atoms with Crippen molar-refractivity contribution >= 4 is 23.7 Å². The highest BCUT2D eigenvalue weighted by Crippen LogP contribution is 2.30. The topological polar surface area (TPSA) is 171 Å². The Balaban J connectivity index is 2.08. The molecular formula is C29H33N5O5. The van der Waals surface area contributed by atoms with Crippen molar-refractivity contribution in [3.05, 3.63) is 102 Å². The lowest BCUT2D eigenvalue weighted by Crippen LogP contribution is -2.51. The summed E-state index contributed by atoms with van der Waals surface area (Å²) in [7, 11) is 0. The second kappa shape index (κ2) is 14.2. The van der Waals surface area contributed by atoms with Crippen LogP contribution in [-0.4, -0.2) is 58.0 Å². The van der Waals surface area contributed by atoms with Gasteiger partial charge in [-0.3, -0.25) is 19.4 Å². The maximum atomic E-state index is 14.5. The summed E-state index contributed by atoms with van der Waals surface area (Å²) in [6, 6.07) is 23.8. The molecule has 0 saturated heterocycles. The summed E-state index contributed by atoms with van der Waals surface area (Å²) in [6.45, 7) is -0.380. The molecule has 3 rings (SSSR count). The summed E-state index contributed by atoms with van der Waals surface area (Å²) in [5.74, 6) is -2.99. The first-order valence-corrected chi connectivity index (χ1v) is 12.5. The Morgan fingerprint density at radius 1 is 0.897 bits per heavy atom. The van der Waals surface area contributed by atoms with E-state index < -0.39 is 30.4 Å². The molecule has 10 heteroatoms. The molecule has 2 amide bonds. The quantitative estimate of drug-likeness (QED) is 0.128. The lowest BCUT2D eigenvalue weighted by atomic mass is 9.89. The molecule has 7 N–H and O–H groups in total. The second-order valence-corrected chi connectivity index (χ2v) is 8.97. The minimum absolute atomic E-state index is 0.00312. The Hall–Kier alpha value is -4.86. The summed E-state index contributed by atoms with van der Waals surface area (Å²) in [4.78, 5) is 44.4. The van der Waals surface area contributed by atoms with E-state index in [9.17, 15) is 19.5 Å². The van der Waals surface area contributed by atoms with E-state index in [0.29, 0.717) is 12.0 Å². The number of carbonyl (C=O) groups is 3. The number of carboxylic acids is 1. The highest BCUT2D eigenvalue weighted by Gasteiger charge is 2.35. The average molecular weight is 532 g/mol. The van der Waals surface area contributed by atoms with Gasteiger partial charge in [-0.15, -0.1) is 0 Å². The van der Waals surface area contributed by atoms with Crippen molar-refractivity contribution in [1.82, 2.24) is 10.2 Å². The van der Waals surface area contributed by atoms with Crippen LogP contribution < -0.4 is 16.8 Å². The maximum Gasteiger partial charge on any atom is 0.322 e. The number of guanidine groups is 1. The van der Waals surface area contributed by atoms with Crippen LogP contribution >= 0.6 is 0 Å². The normalized spacial score (nSPS) is 11.4. The molecule has 0 aromatic heterocycles. The first-order chi connectivity index (χ1) is 18.8. The van der Waals surface area contributed by atoms with Crippen molar-refractivity contribution < 1.29 is 24.6 Å². The van der Waals surface area contributed by atoms with Crippen LogP contribution in [0.25, 0.3) is 0 Å². The summed E-state index contributed by atoms with van der Waals surface area (Å²) < 4.78 is 0. The average Bonchev–Trinajstić information content (AvgIpc) is 2.92. The number of hydrogen-bond acceptors (Lipinski definition) is 5. The molecule has 39 heavy (non-hydrogen) atoms. The van der Waals surface area contributed by atoms with Crippen LogP contribution in [0.4, 0.5) is 0 Å². The number of aliphatic imine (C=N–C) groups is 1. The number of phenols is 1. The van der Waals surface area contributed by atoms with Gasteiger partial charge in [0.1, 0.15) is 18.3 Å². The molecule has 3 aromatic carbocycles. The van der Waals surface area contributed by atoms with Gasteiger partial charge in [-0.2, -0.15) is 0 Å². The molecule has 204 valence electrons. The van der Waals surface area contributed by atoms with Crippen LogP contribution in [0.5, 0.6) is 5.75 Å². The van der Waals surface area contributed by atoms with Crippen LogP contribution in [0.1, 0.15) is 35.4 Å². The number of carboxylic acid groups (broad SMARTS) is 1. The van der Waals surface area contributed by atoms with Crippen molar-refractivity contribution in [2.24, 2.45) is 16.5 Å². The number of nitrogens with one attached hydrogen (secondary N) is 1. The highest BCUT2D eigenvalue weighted by molar-refractivity contribution is 5.93. The minimum atomic E-state index is -1.21. The van der Waals surface area contributed by atoms with Gasteiger partial charge in [-0.25, -0.2) is 0 Å². The summed E-state index contributed by atoms with van der Waals surface area (Å²) in [5.41, 5.74) is 12.9. The smallest absolute Gasteiger partial charge is 0.322 e. The van der Waals surface area contributed by atoms with Gasteiger partial charge >= 0.3 is 5.97 Å². The molecule has 0 bridgehead atoms. The first kappa shape index (κ1) is 28.7. The van der Waals surface area contributed by atoms with Gasteiger partial charge in [0.2, 0.25) is 11.8 Å². The Kier molecular flexibility index (Phi) is 10.4. The molecule has 0 unspecified atom stereocenters. The van der Waals surface area contributed by atoms with E-state index in [1.54, 1.807) is 12.1 Å². The molecule has 0 saturated carbocycles. The first-order valence-electron chi connectivity index (χ1n) is 12.5. The number of aromatic hydroxyl groups is 1. The standard InChI is InChI=1S/C29H33N5O5/c30-29(31)32-16-8-15-24(27(38)33-18-25(36)37)34(19-20-9-7-14-23(35)17-20)28(39)26(21-10-3-1-4-11-21)22-12-5-2-6-13-22/h1-7,9-14,17,24,26,35H,8,15-16,18-19H2,(H,33,38)(H,36,37)(H4,30,31,32)/t24-/m0/s1. The van der Waals surface area contributed by atoms with Crippen LogP contribution in [0.3, 0.4) is 0 Å². The molecule has 0 fully saturated rings. The van der Waals surface area contributed by atoms with E-state index in [1.807, 2.05) is 60.7 Å². The fraction of sp³-hybridized carbons (Fsp3) is 0.241. The van der Waals surface area contributed by atoms with Gasteiger partial charge in [0, 0.05) is 13.1 Å². The van der Waals surface area contributed by atoms with Crippen LogP contribution in [-0.2, 0) is 20.9 Å². The van der Waals surface area contributed by atoms with E-state index in [4.69, 9.17) is 16.6 Å². The van der Waals surface area contributed by atoms with Crippen LogP contribution in [0.2, 0.25) is 0 Å². The zero-order chi connectivity index (χ0) is 28.2. The second-order valence-electron chi connectivity index (χ2n) is 8.97. The molecule has 0 heterocycles. The highest BCUT2D eigenvalue weighted by atomic mass is 16.4. The molecule has 0 aliphatic rings. The number of nitrogens with two attached hydrogens (primary N) is 2. The fourth-order valence-corrected chi connectivity index (χ4v) is 4.33. The van der Waals surface area contributed by atoms with Gasteiger partial charge in [0.25, 0.3) is 0 Å². The van der Waals surface area contributed by atoms with Crippen LogP contribution in [0.15, 0.2) is 89.9 Å². The molecule has 0 aliphatic carbocycles. The van der Waals surface area contributed by atoms with Gasteiger partial charge in [0.15, 0.2) is 5.96 Å². The Bertz CT molecular complexity index is 1240. The molecule has 0 aliphatic heterocycles. The summed E-state index contributed by atoms with van der Waals surface area (Å²) in [6.07, 6.45) is 0.525. The van der Waals surface area contributed by atoms with Crippen LogP contribution in [0, 0.1) is 0 Å². The number of nitrogens with zero attached hydrogens (tertiary/aromatic N) is 2. The Morgan fingerprint density at radius 3 is 2.05 bits per heavy atom. The van der Waals surface area contributed by atoms with E-state index in [1.165, 1.54) is 17.0 Å². The van der Waals surface area contributed by atoms with E-state index in [2.05, 4.69) is 10.3 Å². The van der Waals surface area contributed by atoms with Crippen molar-refractivity contribution in [2.45, 2.75) is 31.3 Å². The zero-order valence-corrected chi connectivity index (χ0v) is 21.4. The molecule has 0 radical (unpaired) electrons. The number of hydrogen-bond donors (Lipinski definition) is 5. The number of benzene rings is 3. The summed E-state index contributed by atoms with van der Waals surface area (Å²) >= 11 is 0. The van der Waals surface area contributed by atoms with E-state index >= 15 is 0 Å². The minimum Gasteiger partial charge on any atom is -0.508 e. The van der Waals surface area contributed by atoms with Gasteiger partial charge in [0.05, 0.1) is 5.92 Å². The van der Waals surface area contributed by atoms with Crippen molar-refractivity contribution in [3.63, 3.8) is 0 Å². The molecule has 0 spiro atoms. The molecular weight excluding hydrogens is 498 g/mol. The number of amides is 2. The third-order valence-corrected chi connectivity index (χ3v) is 6.08. The largest absolute Gasteiger partial charge is 0.508 e. The monoisotopic (exact) mass is 531 g/mol. The predicted molar refractivity (Wildman–Crippen MR) is 148 cm³/mol. The number of aliphatic carboxylic acids is 1. The number of phenolic OH excluding ortho intramolecular Hbond substituents is 1. The lowest BCUT2D eigenvalue weighted by Gasteiger charge is -2.34. The van der Waals surface area contributed by atoms with E-state index in [0.717, 1.165) is 11.1 Å². The SMILES string of the molecule is NC(N)=NCCC[C@@H](C(=O)NCC(=O)O)N(Cc1cccc(O)c1)C(=O)C(c1ccccc1)c1ccccc1. The number of rotatable bonds is 13. The lowest BCUT2D eigenvalue weighted by molar-refractivity contribution is -0.143. The van der Waals surface area contributed by atoms with Gasteiger partial charge in [-0.05, 0) is 41.7 Å². The zero-order valence-electron chi connectivity index (χ0n) is 21.4.